The van der Waals surface area contributed by atoms with Crippen LogP contribution in [0.2, 0.25) is 0 Å². The summed E-state index contributed by atoms with van der Waals surface area (Å²) in [6, 6.07) is 0. The third-order valence-electron chi connectivity index (χ3n) is 2.71. The molecule has 0 aromatic carbocycles. The Morgan fingerprint density at radius 1 is 1.22 bits per heavy atom. The lowest BCUT2D eigenvalue weighted by Crippen LogP contribution is -2.58. The summed E-state index contributed by atoms with van der Waals surface area (Å²) < 4.78 is 10.3. The maximum atomic E-state index is 10.5. The first-order valence-electron chi connectivity index (χ1n) is 5.70. The van der Waals surface area contributed by atoms with Crippen molar-refractivity contribution in [1.82, 2.24) is 0 Å². The van der Waals surface area contributed by atoms with Crippen LogP contribution >= 0.6 is 0 Å². The van der Waals surface area contributed by atoms with Crippen molar-refractivity contribution in [2.75, 3.05) is 13.2 Å². The van der Waals surface area contributed by atoms with Crippen LogP contribution in [0.4, 0.5) is 0 Å². The lowest BCUT2D eigenvalue weighted by Gasteiger charge is -2.40. The highest BCUT2D eigenvalue weighted by molar-refractivity contribution is 5.66. The molecule has 0 amide bonds. The molecule has 8 nitrogen and oxygen atoms in total. The largest absolute Gasteiger partial charge is 0.481 e. The van der Waals surface area contributed by atoms with Crippen LogP contribution in [0, 0.1) is 0 Å². The zero-order valence-electron chi connectivity index (χ0n) is 9.81. The summed E-state index contributed by atoms with van der Waals surface area (Å²) in [7, 11) is 0. The fraction of sp³-hybridized carbons (Fsp3) is 0.900. The van der Waals surface area contributed by atoms with E-state index < -0.39 is 36.7 Å². The van der Waals surface area contributed by atoms with E-state index in [1.165, 1.54) is 0 Å². The molecule has 6 N–H and O–H groups in total. The van der Waals surface area contributed by atoms with Crippen LogP contribution < -0.4 is 5.73 Å². The summed E-state index contributed by atoms with van der Waals surface area (Å²) in [5.74, 6) is -1.04. The number of nitrogens with two attached hydrogens (primary N) is 1. The highest BCUT2D eigenvalue weighted by Gasteiger charge is 2.44. The van der Waals surface area contributed by atoms with Gasteiger partial charge in [0.05, 0.1) is 12.7 Å². The second-order valence-corrected chi connectivity index (χ2v) is 4.11. The van der Waals surface area contributed by atoms with E-state index in [2.05, 4.69) is 0 Å². The number of rotatable bonds is 6. The highest BCUT2D eigenvalue weighted by atomic mass is 16.7. The number of aliphatic hydroxyl groups excluding tert-OH is 3. The zero-order valence-corrected chi connectivity index (χ0v) is 9.81. The van der Waals surface area contributed by atoms with E-state index in [0.29, 0.717) is 0 Å². The van der Waals surface area contributed by atoms with Gasteiger partial charge < -0.3 is 35.6 Å². The van der Waals surface area contributed by atoms with E-state index in [1.54, 1.807) is 0 Å². The Morgan fingerprint density at radius 3 is 2.44 bits per heavy atom. The minimum Gasteiger partial charge on any atom is -0.481 e. The molecule has 1 heterocycles. The zero-order chi connectivity index (χ0) is 13.7. The maximum Gasteiger partial charge on any atom is 0.303 e. The van der Waals surface area contributed by atoms with Crippen LogP contribution in [0.25, 0.3) is 0 Å². The van der Waals surface area contributed by atoms with Gasteiger partial charge in [-0.05, 0) is 6.42 Å². The van der Waals surface area contributed by atoms with Crippen molar-refractivity contribution in [3.8, 4) is 0 Å². The maximum absolute atomic E-state index is 10.5. The first-order chi connectivity index (χ1) is 8.47. The molecule has 1 aliphatic rings. The van der Waals surface area contributed by atoms with Crippen LogP contribution in [0.5, 0.6) is 0 Å². The van der Waals surface area contributed by atoms with E-state index in [1.807, 2.05) is 0 Å². The SMILES string of the molecule is NCCO[C@H]1OC(CCC(=O)O)[C@@H](O)C(O)C1O. The first kappa shape index (κ1) is 15.3. The van der Waals surface area contributed by atoms with E-state index in [0.717, 1.165) is 0 Å². The third kappa shape index (κ3) is 3.87. The Morgan fingerprint density at radius 2 is 1.89 bits per heavy atom. The normalized spacial score (nSPS) is 36.6. The monoisotopic (exact) mass is 265 g/mol. The Labute approximate surface area is 104 Å². The van der Waals surface area contributed by atoms with Gasteiger partial charge >= 0.3 is 5.97 Å². The summed E-state index contributed by atoms with van der Waals surface area (Å²) >= 11 is 0. The van der Waals surface area contributed by atoms with Crippen LogP contribution in [-0.4, -0.2) is 70.3 Å². The molecule has 3 unspecified atom stereocenters. The third-order valence-corrected chi connectivity index (χ3v) is 2.71. The highest BCUT2D eigenvalue weighted by Crippen LogP contribution is 2.24. The fourth-order valence-corrected chi connectivity index (χ4v) is 1.74. The standard InChI is InChI=1S/C10H19NO7/c11-3-4-17-10-9(16)8(15)7(14)5(18-10)1-2-6(12)13/h5,7-10,14-16H,1-4,11H2,(H,12,13)/t5?,7-,8?,9?,10+/m1/s1. The van der Waals surface area contributed by atoms with Gasteiger partial charge in [0, 0.05) is 13.0 Å². The first-order valence-corrected chi connectivity index (χ1v) is 5.70. The van der Waals surface area contributed by atoms with Gasteiger partial charge in [0.1, 0.15) is 18.3 Å². The van der Waals surface area contributed by atoms with Gasteiger partial charge in [-0.1, -0.05) is 0 Å². The lowest BCUT2D eigenvalue weighted by molar-refractivity contribution is -0.296. The molecule has 0 spiro atoms. The van der Waals surface area contributed by atoms with Crippen LogP contribution in [0.15, 0.2) is 0 Å². The second kappa shape index (κ2) is 6.98. The minimum atomic E-state index is -1.44. The van der Waals surface area contributed by atoms with E-state index in [9.17, 15) is 20.1 Å². The van der Waals surface area contributed by atoms with Gasteiger partial charge in [-0.15, -0.1) is 0 Å². The van der Waals surface area contributed by atoms with E-state index in [4.69, 9.17) is 20.3 Å². The van der Waals surface area contributed by atoms with E-state index in [-0.39, 0.29) is 26.0 Å². The summed E-state index contributed by atoms with van der Waals surface area (Å²) in [4.78, 5) is 10.5. The molecule has 0 saturated carbocycles. The van der Waals surface area contributed by atoms with Crippen LogP contribution in [0.3, 0.4) is 0 Å². The lowest BCUT2D eigenvalue weighted by atomic mass is 9.96. The molecule has 1 saturated heterocycles. The predicted octanol–water partition coefficient (Wildman–Crippen LogP) is -2.37. The molecule has 0 aliphatic carbocycles. The number of ether oxygens (including phenoxy) is 2. The summed E-state index contributed by atoms with van der Waals surface area (Å²) in [6.07, 6.45) is -6.41. The van der Waals surface area contributed by atoms with Crippen molar-refractivity contribution in [3.63, 3.8) is 0 Å². The van der Waals surface area contributed by atoms with Gasteiger partial charge in [-0.3, -0.25) is 4.79 Å². The number of hydrogen-bond donors (Lipinski definition) is 5. The minimum absolute atomic E-state index is 0.0166. The van der Waals surface area contributed by atoms with Gasteiger partial charge in [0.25, 0.3) is 0 Å². The average molecular weight is 265 g/mol. The Hall–Kier alpha value is -0.770. The Balaban J connectivity index is 2.58. The summed E-state index contributed by atoms with van der Waals surface area (Å²) in [5.41, 5.74) is 5.23. The second-order valence-electron chi connectivity index (χ2n) is 4.11. The van der Waals surface area contributed by atoms with Crippen molar-refractivity contribution in [2.24, 2.45) is 5.73 Å². The van der Waals surface area contributed by atoms with E-state index >= 15 is 0 Å². The average Bonchev–Trinajstić information content (AvgIpc) is 2.34. The van der Waals surface area contributed by atoms with Gasteiger partial charge in [-0.25, -0.2) is 0 Å². The Kier molecular flexibility index (Phi) is 5.93. The Bertz CT molecular complexity index is 275. The smallest absolute Gasteiger partial charge is 0.303 e. The molecule has 1 fully saturated rings. The quantitative estimate of drug-likeness (QED) is 0.359. The molecular formula is C10H19NO7. The van der Waals surface area contributed by atoms with Crippen LogP contribution in [-0.2, 0) is 14.3 Å². The molecule has 0 radical (unpaired) electrons. The number of carbonyl (C=O) groups is 1. The number of carboxylic acid groups (broad SMARTS) is 1. The van der Waals surface area contributed by atoms with Crippen LogP contribution in [0.1, 0.15) is 12.8 Å². The van der Waals surface area contributed by atoms with Crippen molar-refractivity contribution in [1.29, 1.82) is 0 Å². The molecule has 5 atom stereocenters. The fourth-order valence-electron chi connectivity index (χ4n) is 1.74. The van der Waals surface area contributed by atoms with Gasteiger partial charge in [-0.2, -0.15) is 0 Å². The molecule has 18 heavy (non-hydrogen) atoms. The number of hydrogen-bond acceptors (Lipinski definition) is 7. The summed E-state index contributed by atoms with van der Waals surface area (Å²) in [5, 5.41) is 37.4. The number of aliphatic carboxylic acids is 1. The van der Waals surface area contributed by atoms with Gasteiger partial charge in [0.15, 0.2) is 6.29 Å². The summed E-state index contributed by atoms with van der Waals surface area (Å²) in [6.45, 7) is 0.335. The molecule has 1 aliphatic heterocycles. The molecule has 8 heteroatoms. The van der Waals surface area contributed by atoms with Gasteiger partial charge in [0.2, 0.25) is 0 Å². The molecule has 1 rings (SSSR count). The van der Waals surface area contributed by atoms with Crippen molar-refractivity contribution in [3.05, 3.63) is 0 Å². The molecular weight excluding hydrogens is 246 g/mol. The van der Waals surface area contributed by atoms with Crippen molar-refractivity contribution >= 4 is 5.97 Å². The molecule has 0 bridgehead atoms. The topological polar surface area (TPSA) is 142 Å². The number of aliphatic hydroxyl groups is 3. The predicted molar refractivity (Wildman–Crippen MR) is 58.6 cm³/mol. The molecule has 106 valence electrons. The molecule has 0 aromatic heterocycles. The molecule has 0 aromatic rings. The number of carboxylic acids is 1. The van der Waals surface area contributed by atoms with Crippen molar-refractivity contribution in [2.45, 2.75) is 43.5 Å². The van der Waals surface area contributed by atoms with Crippen molar-refractivity contribution < 1.29 is 34.7 Å².